The molecule has 90 valence electrons. The molecule has 0 amide bonds. The molecule has 2 nitrogen and oxygen atoms in total. The predicted molar refractivity (Wildman–Crippen MR) is 70.6 cm³/mol. The molecule has 0 aliphatic heterocycles. The molecule has 0 aromatic rings. The standard InChI is InChI=1S/C14H24N2/c1-5-7-14(4)12(6-2)10(3)8-11(15)9-13(14)16/h8,12,15-16H,5-7,9H2,1-4H3. The average Bonchev–Trinajstić information content (AvgIpc) is 2.24. The van der Waals surface area contributed by atoms with Crippen LogP contribution in [0.15, 0.2) is 11.6 Å². The summed E-state index contributed by atoms with van der Waals surface area (Å²) in [6.45, 7) is 8.71. The minimum Gasteiger partial charge on any atom is -0.309 e. The van der Waals surface area contributed by atoms with Crippen LogP contribution in [0.4, 0.5) is 0 Å². The van der Waals surface area contributed by atoms with Crippen LogP contribution in [0.1, 0.15) is 53.4 Å². The van der Waals surface area contributed by atoms with Gasteiger partial charge in [0.25, 0.3) is 0 Å². The van der Waals surface area contributed by atoms with Crippen molar-refractivity contribution in [2.45, 2.75) is 53.4 Å². The number of nitrogens with one attached hydrogen (secondary N) is 2. The van der Waals surface area contributed by atoms with Crippen LogP contribution in [-0.2, 0) is 0 Å². The van der Waals surface area contributed by atoms with Gasteiger partial charge in [0, 0.05) is 23.3 Å². The largest absolute Gasteiger partial charge is 0.309 e. The molecule has 2 heteroatoms. The second-order valence-corrected chi connectivity index (χ2v) is 5.20. The molecule has 0 radical (unpaired) electrons. The van der Waals surface area contributed by atoms with E-state index in [0.717, 1.165) is 25.0 Å². The van der Waals surface area contributed by atoms with Gasteiger partial charge in [-0.2, -0.15) is 0 Å². The summed E-state index contributed by atoms with van der Waals surface area (Å²) in [6, 6.07) is 0. The molecule has 0 aromatic carbocycles. The van der Waals surface area contributed by atoms with Gasteiger partial charge >= 0.3 is 0 Å². The molecule has 2 unspecified atom stereocenters. The summed E-state index contributed by atoms with van der Waals surface area (Å²) in [4.78, 5) is 0. The SMILES string of the molecule is CCCC1(C)C(=N)CC(=N)C=C(C)C1CC. The van der Waals surface area contributed by atoms with Crippen LogP contribution in [0.25, 0.3) is 0 Å². The van der Waals surface area contributed by atoms with E-state index in [-0.39, 0.29) is 5.41 Å². The molecule has 0 saturated heterocycles. The highest BCUT2D eigenvalue weighted by atomic mass is 14.6. The van der Waals surface area contributed by atoms with E-state index in [0.29, 0.717) is 18.1 Å². The van der Waals surface area contributed by atoms with Crippen LogP contribution in [0.5, 0.6) is 0 Å². The third-order valence-electron chi connectivity index (χ3n) is 3.95. The monoisotopic (exact) mass is 220 g/mol. The first kappa shape index (κ1) is 13.1. The molecule has 0 spiro atoms. The summed E-state index contributed by atoms with van der Waals surface area (Å²) in [5, 5.41) is 16.1. The van der Waals surface area contributed by atoms with E-state index in [1.807, 2.05) is 6.08 Å². The Morgan fingerprint density at radius 3 is 2.50 bits per heavy atom. The lowest BCUT2D eigenvalue weighted by atomic mass is 9.67. The molecule has 0 aromatic heterocycles. The van der Waals surface area contributed by atoms with Crippen molar-refractivity contribution >= 4 is 11.4 Å². The normalized spacial score (nSPS) is 31.2. The highest BCUT2D eigenvalue weighted by Crippen LogP contribution is 2.42. The van der Waals surface area contributed by atoms with Crippen molar-refractivity contribution in [2.24, 2.45) is 11.3 Å². The number of hydrogen-bond donors (Lipinski definition) is 2. The summed E-state index contributed by atoms with van der Waals surface area (Å²) in [5.74, 6) is 0.433. The zero-order valence-corrected chi connectivity index (χ0v) is 11.0. The average molecular weight is 220 g/mol. The maximum Gasteiger partial charge on any atom is 0.0369 e. The fourth-order valence-electron chi connectivity index (χ4n) is 3.15. The van der Waals surface area contributed by atoms with Gasteiger partial charge in [-0.25, -0.2) is 0 Å². The summed E-state index contributed by atoms with van der Waals surface area (Å²) in [6.07, 6.45) is 5.74. The molecule has 1 rings (SSSR count). The van der Waals surface area contributed by atoms with Gasteiger partial charge < -0.3 is 10.8 Å². The maximum absolute atomic E-state index is 8.27. The molecule has 0 heterocycles. The van der Waals surface area contributed by atoms with Gasteiger partial charge in [0.05, 0.1) is 0 Å². The molecular formula is C14H24N2. The van der Waals surface area contributed by atoms with Crippen molar-refractivity contribution in [1.29, 1.82) is 10.8 Å². The Bertz CT molecular complexity index is 328. The fourth-order valence-corrected chi connectivity index (χ4v) is 3.15. The summed E-state index contributed by atoms with van der Waals surface area (Å²) in [7, 11) is 0. The molecule has 0 saturated carbocycles. The Labute approximate surface area is 99.2 Å². The van der Waals surface area contributed by atoms with Crippen molar-refractivity contribution < 1.29 is 0 Å². The van der Waals surface area contributed by atoms with Gasteiger partial charge in [0.15, 0.2) is 0 Å². The second kappa shape index (κ2) is 4.94. The van der Waals surface area contributed by atoms with Crippen molar-refractivity contribution in [3.8, 4) is 0 Å². The fraction of sp³-hybridized carbons (Fsp3) is 0.714. The van der Waals surface area contributed by atoms with Gasteiger partial charge in [-0.3, -0.25) is 0 Å². The van der Waals surface area contributed by atoms with Crippen LogP contribution in [0.3, 0.4) is 0 Å². The third kappa shape index (κ3) is 2.26. The zero-order valence-electron chi connectivity index (χ0n) is 11.0. The number of rotatable bonds is 3. The molecule has 0 fully saturated rings. The summed E-state index contributed by atoms with van der Waals surface area (Å²) >= 11 is 0. The highest BCUT2D eigenvalue weighted by molar-refractivity contribution is 6.10. The first-order valence-corrected chi connectivity index (χ1v) is 6.29. The summed E-state index contributed by atoms with van der Waals surface area (Å²) in [5.41, 5.74) is 2.60. The van der Waals surface area contributed by atoms with Gasteiger partial charge in [-0.15, -0.1) is 0 Å². The maximum atomic E-state index is 8.27. The van der Waals surface area contributed by atoms with Crippen molar-refractivity contribution in [1.82, 2.24) is 0 Å². The zero-order chi connectivity index (χ0) is 12.3. The van der Waals surface area contributed by atoms with Crippen LogP contribution >= 0.6 is 0 Å². The highest BCUT2D eigenvalue weighted by Gasteiger charge is 2.38. The van der Waals surface area contributed by atoms with E-state index < -0.39 is 0 Å². The van der Waals surface area contributed by atoms with Crippen molar-refractivity contribution in [3.63, 3.8) is 0 Å². The lowest BCUT2D eigenvalue weighted by Crippen LogP contribution is -2.35. The van der Waals surface area contributed by atoms with Gasteiger partial charge in [0.1, 0.15) is 0 Å². The van der Waals surface area contributed by atoms with Crippen molar-refractivity contribution in [3.05, 3.63) is 11.6 Å². The summed E-state index contributed by atoms with van der Waals surface area (Å²) < 4.78 is 0. The van der Waals surface area contributed by atoms with E-state index >= 15 is 0 Å². The van der Waals surface area contributed by atoms with E-state index in [1.54, 1.807) is 0 Å². The van der Waals surface area contributed by atoms with Crippen LogP contribution in [0, 0.1) is 22.2 Å². The Balaban J connectivity index is 3.16. The minimum atomic E-state index is -0.0348. The smallest absolute Gasteiger partial charge is 0.0369 e. The lowest BCUT2D eigenvalue weighted by Gasteiger charge is -2.37. The molecule has 2 N–H and O–H groups in total. The van der Waals surface area contributed by atoms with Gasteiger partial charge in [-0.05, 0) is 31.8 Å². The van der Waals surface area contributed by atoms with Crippen LogP contribution in [0.2, 0.25) is 0 Å². The topological polar surface area (TPSA) is 47.7 Å². The van der Waals surface area contributed by atoms with Gasteiger partial charge in [-0.1, -0.05) is 32.8 Å². The lowest BCUT2D eigenvalue weighted by molar-refractivity contribution is 0.288. The third-order valence-corrected chi connectivity index (χ3v) is 3.95. The first-order valence-electron chi connectivity index (χ1n) is 6.29. The molecular weight excluding hydrogens is 196 g/mol. The molecule has 16 heavy (non-hydrogen) atoms. The molecule has 2 atom stereocenters. The van der Waals surface area contributed by atoms with Gasteiger partial charge in [0.2, 0.25) is 0 Å². The van der Waals surface area contributed by atoms with E-state index in [2.05, 4.69) is 27.7 Å². The second-order valence-electron chi connectivity index (χ2n) is 5.20. The minimum absolute atomic E-state index is 0.0348. The van der Waals surface area contributed by atoms with Crippen LogP contribution in [-0.4, -0.2) is 11.4 Å². The van der Waals surface area contributed by atoms with E-state index in [1.165, 1.54) is 5.57 Å². The quantitative estimate of drug-likeness (QED) is 0.716. The number of hydrogen-bond acceptors (Lipinski definition) is 2. The van der Waals surface area contributed by atoms with Crippen molar-refractivity contribution in [2.75, 3.05) is 0 Å². The van der Waals surface area contributed by atoms with E-state index in [9.17, 15) is 0 Å². The Hall–Kier alpha value is -0.920. The Morgan fingerprint density at radius 1 is 1.38 bits per heavy atom. The van der Waals surface area contributed by atoms with E-state index in [4.69, 9.17) is 10.8 Å². The predicted octanol–water partition coefficient (Wildman–Crippen LogP) is 4.21. The molecule has 0 bridgehead atoms. The Kier molecular flexibility index (Phi) is 4.06. The first-order chi connectivity index (χ1) is 7.45. The Morgan fingerprint density at radius 2 is 2.00 bits per heavy atom. The number of allylic oxidation sites excluding steroid dienone is 2. The van der Waals surface area contributed by atoms with Crippen LogP contribution < -0.4 is 0 Å². The molecule has 1 aliphatic carbocycles. The molecule has 1 aliphatic rings.